The first-order valence-electron chi connectivity index (χ1n) is 8.25. The van der Waals surface area contributed by atoms with Crippen LogP contribution in [0.25, 0.3) is 0 Å². The first-order valence-corrected chi connectivity index (χ1v) is 8.63. The quantitative estimate of drug-likeness (QED) is 0.825. The van der Waals surface area contributed by atoms with Crippen molar-refractivity contribution in [3.8, 4) is 6.01 Å². The fraction of sp³-hybridized carbons (Fsp3) is 0.211. The summed E-state index contributed by atoms with van der Waals surface area (Å²) in [5.41, 5.74) is 4.07. The number of hydrogen-bond acceptors (Lipinski definition) is 4. The van der Waals surface area contributed by atoms with Crippen LogP contribution in [0.3, 0.4) is 0 Å². The number of carbonyl (C=O) groups is 1. The second kappa shape index (κ2) is 7.55. The third-order valence-electron chi connectivity index (χ3n) is 4.48. The number of halogens is 3. The number of amides is 1. The molecular formula is C19H16ClF2N3O3. The smallest absolute Gasteiger partial charge is 0.300 e. The zero-order valence-electron chi connectivity index (χ0n) is 14.8. The molecule has 1 aromatic heterocycles. The van der Waals surface area contributed by atoms with Crippen LogP contribution in [-0.4, -0.2) is 15.5 Å². The molecule has 1 atom stereocenters. The van der Waals surface area contributed by atoms with Crippen LogP contribution in [0, 0.1) is 11.6 Å². The predicted molar refractivity (Wildman–Crippen MR) is 98.7 cm³/mol. The fourth-order valence-corrected chi connectivity index (χ4v) is 3.13. The molecule has 0 aliphatic heterocycles. The summed E-state index contributed by atoms with van der Waals surface area (Å²) in [6, 6.07) is 4.22. The second-order valence-corrected chi connectivity index (χ2v) is 6.83. The van der Waals surface area contributed by atoms with Gasteiger partial charge in [0.2, 0.25) is 5.91 Å². The Morgan fingerprint density at radius 2 is 2.14 bits per heavy atom. The minimum atomic E-state index is -1.08. The summed E-state index contributed by atoms with van der Waals surface area (Å²) in [5.74, 6) is -2.12. The topological polar surface area (TPSA) is 87.2 Å². The maximum absolute atomic E-state index is 13.9. The monoisotopic (exact) mass is 407 g/mol. The molecule has 146 valence electrons. The predicted octanol–water partition coefficient (Wildman–Crippen LogP) is 2.75. The van der Waals surface area contributed by atoms with Crippen molar-refractivity contribution in [2.75, 3.05) is 0 Å². The lowest BCUT2D eigenvalue weighted by Crippen LogP contribution is -2.41. The van der Waals surface area contributed by atoms with Crippen LogP contribution in [0.4, 0.5) is 8.78 Å². The highest BCUT2D eigenvalue weighted by Gasteiger charge is 2.36. The third kappa shape index (κ3) is 3.68. The van der Waals surface area contributed by atoms with Gasteiger partial charge in [-0.05, 0) is 31.6 Å². The Labute approximate surface area is 163 Å². The number of nitrogens with zero attached hydrogens (tertiary/aromatic N) is 2. The molecule has 0 radical (unpaired) electrons. The molecule has 0 fully saturated rings. The number of benzene rings is 1. The van der Waals surface area contributed by atoms with E-state index in [1.54, 1.807) is 13.0 Å². The number of rotatable bonds is 5. The van der Waals surface area contributed by atoms with Crippen molar-refractivity contribution in [2.45, 2.75) is 25.5 Å². The van der Waals surface area contributed by atoms with Gasteiger partial charge in [0.15, 0.2) is 0 Å². The van der Waals surface area contributed by atoms with Crippen molar-refractivity contribution in [2.24, 2.45) is 5.73 Å². The number of hydrogen-bond donors (Lipinski definition) is 1. The molecule has 1 unspecified atom stereocenters. The molecule has 1 aromatic carbocycles. The van der Waals surface area contributed by atoms with Gasteiger partial charge in [-0.1, -0.05) is 17.7 Å². The number of primary amides is 1. The number of aromatic nitrogens is 2. The molecule has 0 spiro atoms. The fourth-order valence-electron chi connectivity index (χ4n) is 2.86. The number of nitrogens with two attached hydrogens (primary N) is 1. The van der Waals surface area contributed by atoms with Gasteiger partial charge in [-0.25, -0.2) is 13.8 Å². The summed E-state index contributed by atoms with van der Waals surface area (Å²) in [6.07, 6.45) is 4.39. The van der Waals surface area contributed by atoms with Crippen molar-refractivity contribution in [1.82, 2.24) is 9.55 Å². The molecule has 2 aromatic rings. The number of allylic oxidation sites excluding steroid dienone is 2. The molecular weight excluding hydrogens is 392 g/mol. The first-order chi connectivity index (χ1) is 13.2. The lowest BCUT2D eigenvalue weighted by Gasteiger charge is -2.34. The Kier molecular flexibility index (Phi) is 5.33. The molecule has 3 rings (SSSR count). The summed E-state index contributed by atoms with van der Waals surface area (Å²) in [5, 5.41) is 0.191. The minimum absolute atomic E-state index is 0.0948. The Morgan fingerprint density at radius 1 is 1.39 bits per heavy atom. The zero-order valence-corrected chi connectivity index (χ0v) is 15.5. The standard InChI is InChI=1S/C19H16ClF2N3O3/c1-19(6-4-11(17(23)27)8-15(19)20)25-16(26)5-7-24-18(25)28-10-12-2-3-13(21)9-14(12)22/h2-5,7-9H,6,10H2,1H3,(H2,23,27). The Balaban J connectivity index is 1.96. The largest absolute Gasteiger partial charge is 0.460 e. The SMILES string of the molecule is CC1(n2c(OCc3ccc(F)cc3F)nccc2=O)CC=C(C(N)=O)C=C1Cl. The van der Waals surface area contributed by atoms with Gasteiger partial charge in [-0.15, -0.1) is 0 Å². The highest BCUT2D eigenvalue weighted by atomic mass is 35.5. The van der Waals surface area contributed by atoms with Crippen LogP contribution in [0.5, 0.6) is 6.01 Å². The second-order valence-electron chi connectivity index (χ2n) is 6.42. The van der Waals surface area contributed by atoms with Crippen LogP contribution in [0.2, 0.25) is 0 Å². The summed E-state index contributed by atoms with van der Waals surface area (Å²) < 4.78 is 33.7. The van der Waals surface area contributed by atoms with Gasteiger partial charge in [-0.3, -0.25) is 14.2 Å². The van der Waals surface area contributed by atoms with Crippen molar-refractivity contribution < 1.29 is 18.3 Å². The lowest BCUT2D eigenvalue weighted by atomic mass is 9.89. The molecule has 2 N–H and O–H groups in total. The van der Waals surface area contributed by atoms with Gasteiger partial charge in [-0.2, -0.15) is 0 Å². The highest BCUT2D eigenvalue weighted by Crippen LogP contribution is 2.38. The third-order valence-corrected chi connectivity index (χ3v) is 5.00. The van der Waals surface area contributed by atoms with Gasteiger partial charge in [0.1, 0.15) is 18.2 Å². The normalized spacial score (nSPS) is 19.0. The van der Waals surface area contributed by atoms with Crippen LogP contribution in [0.1, 0.15) is 18.9 Å². The average Bonchev–Trinajstić information content (AvgIpc) is 2.63. The van der Waals surface area contributed by atoms with E-state index in [-0.39, 0.29) is 35.2 Å². The van der Waals surface area contributed by atoms with Gasteiger partial charge >= 0.3 is 0 Å². The Hall–Kier alpha value is -3.00. The van der Waals surface area contributed by atoms with Crippen LogP contribution in [0.15, 0.2) is 58.0 Å². The molecule has 0 saturated heterocycles. The van der Waals surface area contributed by atoms with Gasteiger partial charge < -0.3 is 10.5 Å². The summed E-state index contributed by atoms with van der Waals surface area (Å²) >= 11 is 6.37. The summed E-state index contributed by atoms with van der Waals surface area (Å²) in [7, 11) is 0. The van der Waals surface area contributed by atoms with Gasteiger partial charge in [0, 0.05) is 34.5 Å². The van der Waals surface area contributed by atoms with E-state index in [0.29, 0.717) is 0 Å². The molecule has 1 aliphatic carbocycles. The summed E-state index contributed by atoms with van der Waals surface area (Å²) in [6.45, 7) is 1.40. The minimum Gasteiger partial charge on any atom is -0.460 e. The molecule has 1 heterocycles. The summed E-state index contributed by atoms with van der Waals surface area (Å²) in [4.78, 5) is 28.0. The van der Waals surface area contributed by atoms with Crippen molar-refractivity contribution in [3.63, 3.8) is 0 Å². The van der Waals surface area contributed by atoms with E-state index < -0.39 is 28.6 Å². The molecule has 1 amide bonds. The molecule has 28 heavy (non-hydrogen) atoms. The first kappa shape index (κ1) is 19.8. The van der Waals surface area contributed by atoms with Gasteiger partial charge in [0.25, 0.3) is 11.6 Å². The molecule has 9 heteroatoms. The maximum Gasteiger partial charge on any atom is 0.300 e. The van der Waals surface area contributed by atoms with E-state index in [9.17, 15) is 18.4 Å². The van der Waals surface area contributed by atoms with E-state index in [1.165, 1.54) is 29.0 Å². The molecule has 0 saturated carbocycles. The molecule has 6 nitrogen and oxygen atoms in total. The highest BCUT2D eigenvalue weighted by molar-refractivity contribution is 6.31. The Morgan fingerprint density at radius 3 is 2.79 bits per heavy atom. The van der Waals surface area contributed by atoms with E-state index in [1.807, 2.05) is 0 Å². The maximum atomic E-state index is 13.9. The average molecular weight is 408 g/mol. The number of carbonyl (C=O) groups excluding carboxylic acids is 1. The van der Waals surface area contributed by atoms with Crippen molar-refractivity contribution >= 4 is 17.5 Å². The van der Waals surface area contributed by atoms with E-state index >= 15 is 0 Å². The zero-order chi connectivity index (χ0) is 20.5. The van der Waals surface area contributed by atoms with E-state index in [0.717, 1.165) is 12.1 Å². The lowest BCUT2D eigenvalue weighted by molar-refractivity contribution is -0.114. The molecule has 0 bridgehead atoms. The molecule has 1 aliphatic rings. The van der Waals surface area contributed by atoms with Crippen LogP contribution >= 0.6 is 11.6 Å². The van der Waals surface area contributed by atoms with Crippen LogP contribution < -0.4 is 16.0 Å². The van der Waals surface area contributed by atoms with Crippen LogP contribution in [-0.2, 0) is 16.9 Å². The number of ether oxygens (including phenoxy) is 1. The van der Waals surface area contributed by atoms with Crippen molar-refractivity contribution in [3.05, 3.63) is 80.8 Å². The van der Waals surface area contributed by atoms with E-state index in [4.69, 9.17) is 22.1 Å². The van der Waals surface area contributed by atoms with E-state index in [2.05, 4.69) is 4.98 Å². The van der Waals surface area contributed by atoms with Crippen molar-refractivity contribution in [1.29, 1.82) is 0 Å². The van der Waals surface area contributed by atoms with Gasteiger partial charge in [0.05, 0.1) is 5.54 Å². The Bertz CT molecular complexity index is 1060.